The normalized spacial score (nSPS) is 12.2. The standard InChI is InChI=1S/C16H16BrClO/c1-11-7-13(9-14(18)8-11)15(17)10-12-5-3-4-6-16(12)19-2/h3-9,15H,10H2,1-2H3. The molecule has 0 aromatic heterocycles. The van der Waals surface area contributed by atoms with Crippen molar-refractivity contribution in [3.8, 4) is 5.75 Å². The second kappa shape index (κ2) is 6.44. The molecule has 0 radical (unpaired) electrons. The van der Waals surface area contributed by atoms with E-state index in [0.717, 1.165) is 17.2 Å². The Morgan fingerprint density at radius 2 is 1.95 bits per heavy atom. The zero-order valence-corrected chi connectivity index (χ0v) is 13.3. The SMILES string of the molecule is COc1ccccc1CC(Br)c1cc(C)cc(Cl)c1. The second-order valence-electron chi connectivity index (χ2n) is 4.55. The largest absolute Gasteiger partial charge is 0.496 e. The van der Waals surface area contributed by atoms with Gasteiger partial charge in [0, 0.05) is 9.85 Å². The zero-order valence-electron chi connectivity index (χ0n) is 11.0. The molecule has 0 saturated heterocycles. The fourth-order valence-corrected chi connectivity index (χ4v) is 3.04. The van der Waals surface area contributed by atoms with Gasteiger partial charge in [-0.2, -0.15) is 0 Å². The van der Waals surface area contributed by atoms with E-state index in [2.05, 4.69) is 35.0 Å². The van der Waals surface area contributed by atoms with Crippen molar-refractivity contribution in [2.24, 2.45) is 0 Å². The minimum atomic E-state index is 0.223. The summed E-state index contributed by atoms with van der Waals surface area (Å²) in [5, 5.41) is 0.777. The molecule has 2 rings (SSSR count). The van der Waals surface area contributed by atoms with Crippen LogP contribution >= 0.6 is 27.5 Å². The van der Waals surface area contributed by atoms with Crippen molar-refractivity contribution >= 4 is 27.5 Å². The zero-order chi connectivity index (χ0) is 13.8. The Morgan fingerprint density at radius 1 is 1.21 bits per heavy atom. The van der Waals surface area contributed by atoms with E-state index in [-0.39, 0.29) is 4.83 Å². The maximum atomic E-state index is 6.11. The number of methoxy groups -OCH3 is 1. The molecule has 0 aliphatic carbocycles. The molecule has 0 bridgehead atoms. The van der Waals surface area contributed by atoms with Crippen LogP contribution in [0.3, 0.4) is 0 Å². The highest BCUT2D eigenvalue weighted by molar-refractivity contribution is 9.09. The first kappa shape index (κ1) is 14.4. The molecule has 0 spiro atoms. The van der Waals surface area contributed by atoms with Gasteiger partial charge >= 0.3 is 0 Å². The minimum absolute atomic E-state index is 0.223. The molecular formula is C16H16BrClO. The predicted octanol–water partition coefficient (Wildman–Crippen LogP) is 5.34. The van der Waals surface area contributed by atoms with Crippen molar-refractivity contribution in [2.45, 2.75) is 18.2 Å². The summed E-state index contributed by atoms with van der Waals surface area (Å²) >= 11 is 9.85. The molecule has 2 aromatic rings. The lowest BCUT2D eigenvalue weighted by atomic mass is 10.0. The number of halogens is 2. The van der Waals surface area contributed by atoms with Gasteiger partial charge in [-0.25, -0.2) is 0 Å². The van der Waals surface area contributed by atoms with Gasteiger partial charge in [0.15, 0.2) is 0 Å². The molecule has 1 unspecified atom stereocenters. The third-order valence-corrected chi connectivity index (χ3v) is 4.09. The quantitative estimate of drug-likeness (QED) is 0.684. The Balaban J connectivity index is 2.22. The molecule has 19 heavy (non-hydrogen) atoms. The molecule has 0 aliphatic heterocycles. The minimum Gasteiger partial charge on any atom is -0.496 e. The van der Waals surface area contributed by atoms with Crippen LogP contribution in [0.1, 0.15) is 21.5 Å². The number of hydrogen-bond donors (Lipinski definition) is 0. The summed E-state index contributed by atoms with van der Waals surface area (Å²) in [4.78, 5) is 0.223. The van der Waals surface area contributed by atoms with E-state index in [0.29, 0.717) is 0 Å². The van der Waals surface area contributed by atoms with Crippen LogP contribution in [0.2, 0.25) is 5.02 Å². The lowest BCUT2D eigenvalue weighted by molar-refractivity contribution is 0.409. The first-order valence-corrected chi connectivity index (χ1v) is 7.42. The smallest absolute Gasteiger partial charge is 0.122 e. The van der Waals surface area contributed by atoms with Gasteiger partial charge < -0.3 is 4.74 Å². The molecule has 0 heterocycles. The molecule has 0 fully saturated rings. The van der Waals surface area contributed by atoms with Crippen LogP contribution in [0.25, 0.3) is 0 Å². The highest BCUT2D eigenvalue weighted by Gasteiger charge is 2.12. The molecule has 3 heteroatoms. The van der Waals surface area contributed by atoms with Crippen molar-refractivity contribution in [1.82, 2.24) is 0 Å². The molecule has 1 nitrogen and oxygen atoms in total. The maximum absolute atomic E-state index is 6.11. The van der Waals surface area contributed by atoms with Crippen LogP contribution < -0.4 is 4.74 Å². The van der Waals surface area contributed by atoms with Crippen LogP contribution in [0.15, 0.2) is 42.5 Å². The Kier molecular flexibility index (Phi) is 4.89. The number of hydrogen-bond acceptors (Lipinski definition) is 1. The number of rotatable bonds is 4. The third-order valence-electron chi connectivity index (χ3n) is 3.02. The van der Waals surface area contributed by atoms with E-state index < -0.39 is 0 Å². The van der Waals surface area contributed by atoms with E-state index in [1.54, 1.807) is 7.11 Å². The van der Waals surface area contributed by atoms with Crippen molar-refractivity contribution in [3.63, 3.8) is 0 Å². The average molecular weight is 340 g/mol. The predicted molar refractivity (Wildman–Crippen MR) is 84.6 cm³/mol. The molecule has 100 valence electrons. The van der Waals surface area contributed by atoms with Gasteiger partial charge in [-0.05, 0) is 48.2 Å². The van der Waals surface area contributed by atoms with Crippen LogP contribution in [-0.4, -0.2) is 7.11 Å². The summed E-state index contributed by atoms with van der Waals surface area (Å²) in [6.45, 7) is 2.05. The fraction of sp³-hybridized carbons (Fsp3) is 0.250. The van der Waals surface area contributed by atoms with Crippen LogP contribution in [0.5, 0.6) is 5.75 Å². The Bertz CT molecular complexity index is 548. The van der Waals surface area contributed by atoms with Crippen molar-refractivity contribution in [2.75, 3.05) is 7.11 Å². The van der Waals surface area contributed by atoms with Crippen LogP contribution in [0.4, 0.5) is 0 Å². The second-order valence-corrected chi connectivity index (χ2v) is 6.09. The van der Waals surface area contributed by atoms with Gasteiger partial charge in [0.2, 0.25) is 0 Å². The molecule has 0 saturated carbocycles. The first-order chi connectivity index (χ1) is 9.10. The number of aryl methyl sites for hydroxylation is 1. The number of para-hydroxylation sites is 1. The first-order valence-electron chi connectivity index (χ1n) is 6.13. The topological polar surface area (TPSA) is 9.23 Å². The van der Waals surface area contributed by atoms with Gasteiger partial charge in [-0.15, -0.1) is 0 Å². The lowest BCUT2D eigenvalue weighted by Gasteiger charge is -2.14. The maximum Gasteiger partial charge on any atom is 0.122 e. The molecule has 2 aromatic carbocycles. The van der Waals surface area contributed by atoms with E-state index >= 15 is 0 Å². The molecule has 1 atom stereocenters. The van der Waals surface area contributed by atoms with E-state index in [4.69, 9.17) is 16.3 Å². The Morgan fingerprint density at radius 3 is 2.63 bits per heavy atom. The van der Waals surface area contributed by atoms with E-state index in [1.165, 1.54) is 16.7 Å². The van der Waals surface area contributed by atoms with Gasteiger partial charge in [0.05, 0.1) is 7.11 Å². The molecule has 0 N–H and O–H groups in total. The summed E-state index contributed by atoms with van der Waals surface area (Å²) in [5.41, 5.74) is 3.55. The fourth-order valence-electron chi connectivity index (χ4n) is 2.13. The highest BCUT2D eigenvalue weighted by atomic mass is 79.9. The summed E-state index contributed by atoms with van der Waals surface area (Å²) in [6.07, 6.45) is 0.865. The monoisotopic (exact) mass is 338 g/mol. The van der Waals surface area contributed by atoms with Gasteiger partial charge in [-0.1, -0.05) is 51.8 Å². The summed E-state index contributed by atoms with van der Waals surface area (Å²) in [5.74, 6) is 0.922. The Labute approximate surface area is 127 Å². The lowest BCUT2D eigenvalue weighted by Crippen LogP contribution is -1.98. The van der Waals surface area contributed by atoms with Gasteiger partial charge in [0.25, 0.3) is 0 Å². The van der Waals surface area contributed by atoms with Crippen molar-refractivity contribution < 1.29 is 4.74 Å². The van der Waals surface area contributed by atoms with Gasteiger partial charge in [-0.3, -0.25) is 0 Å². The van der Waals surface area contributed by atoms with Crippen molar-refractivity contribution in [3.05, 3.63) is 64.2 Å². The number of benzene rings is 2. The summed E-state index contributed by atoms with van der Waals surface area (Å²) in [6, 6.07) is 14.2. The summed E-state index contributed by atoms with van der Waals surface area (Å²) < 4.78 is 5.38. The molecular weight excluding hydrogens is 324 g/mol. The third kappa shape index (κ3) is 3.74. The Hall–Kier alpha value is -0.990. The van der Waals surface area contributed by atoms with E-state index in [1.807, 2.05) is 30.3 Å². The number of ether oxygens (including phenoxy) is 1. The summed E-state index contributed by atoms with van der Waals surface area (Å²) in [7, 11) is 1.70. The van der Waals surface area contributed by atoms with Gasteiger partial charge in [0.1, 0.15) is 5.75 Å². The molecule has 0 aliphatic rings. The van der Waals surface area contributed by atoms with Crippen LogP contribution in [-0.2, 0) is 6.42 Å². The van der Waals surface area contributed by atoms with Crippen molar-refractivity contribution in [1.29, 1.82) is 0 Å². The molecule has 0 amide bonds. The van der Waals surface area contributed by atoms with E-state index in [9.17, 15) is 0 Å². The average Bonchev–Trinajstić information content (AvgIpc) is 2.38. The van der Waals surface area contributed by atoms with Crippen LogP contribution in [0, 0.1) is 6.92 Å². The number of alkyl halides is 1. The highest BCUT2D eigenvalue weighted by Crippen LogP contribution is 2.32.